The lowest BCUT2D eigenvalue weighted by Gasteiger charge is -2.32. The predicted octanol–water partition coefficient (Wildman–Crippen LogP) is 5.72. The highest BCUT2D eigenvalue weighted by Gasteiger charge is 2.25. The second-order valence-corrected chi connectivity index (χ2v) is 7.63. The molecule has 0 amide bonds. The van der Waals surface area contributed by atoms with Crippen LogP contribution in [0.1, 0.15) is 78.1 Å². The van der Waals surface area contributed by atoms with E-state index in [1.807, 2.05) is 0 Å². The Labute approximate surface area is 130 Å². The number of nitrogens with one attached hydrogen (secondary N) is 1. The zero-order chi connectivity index (χ0) is 14.2. The topological polar surface area (TPSA) is 12.0 Å². The van der Waals surface area contributed by atoms with Crippen molar-refractivity contribution in [3.63, 3.8) is 0 Å². The molecule has 2 atom stereocenters. The van der Waals surface area contributed by atoms with Crippen molar-refractivity contribution in [3.8, 4) is 0 Å². The predicted molar refractivity (Wildman–Crippen MR) is 92.0 cm³/mol. The molecule has 1 aliphatic heterocycles. The second-order valence-electron chi connectivity index (χ2n) is 6.49. The van der Waals surface area contributed by atoms with Crippen LogP contribution in [0.5, 0.6) is 0 Å². The van der Waals surface area contributed by atoms with Crippen LogP contribution in [-0.4, -0.2) is 12.3 Å². The second kappa shape index (κ2) is 9.02. The van der Waals surface area contributed by atoms with Gasteiger partial charge in [0.2, 0.25) is 0 Å². The minimum atomic E-state index is 0.815. The van der Waals surface area contributed by atoms with Crippen LogP contribution in [0.3, 0.4) is 0 Å². The largest absolute Gasteiger partial charge is 0.387 e. The van der Waals surface area contributed by atoms with Crippen molar-refractivity contribution in [2.24, 2.45) is 11.8 Å². The first-order valence-electron chi connectivity index (χ1n) is 8.97. The summed E-state index contributed by atoms with van der Waals surface area (Å²) >= 11 is 2.17. The van der Waals surface area contributed by atoms with Gasteiger partial charge in [0, 0.05) is 22.9 Å². The normalized spacial score (nSPS) is 29.3. The van der Waals surface area contributed by atoms with Crippen LogP contribution < -0.4 is 5.32 Å². The van der Waals surface area contributed by atoms with Crippen molar-refractivity contribution in [2.75, 3.05) is 12.3 Å². The monoisotopic (exact) mass is 295 g/mol. The van der Waals surface area contributed by atoms with Gasteiger partial charge in [-0.1, -0.05) is 52.4 Å². The van der Waals surface area contributed by atoms with Crippen LogP contribution in [0.25, 0.3) is 0 Å². The van der Waals surface area contributed by atoms with E-state index in [1.54, 1.807) is 10.6 Å². The van der Waals surface area contributed by atoms with E-state index in [4.69, 9.17) is 0 Å². The standard InChI is InChI=1S/C18H33NS/c1-3-10-16-12-9-7-5-6-8-11-15(4-2)18-17(16)19-13-14-20-18/h15-16,19H,3-14H2,1-2H3. The Morgan fingerprint density at radius 3 is 2.40 bits per heavy atom. The number of hydrogen-bond acceptors (Lipinski definition) is 2. The van der Waals surface area contributed by atoms with E-state index in [1.165, 1.54) is 76.5 Å². The maximum Gasteiger partial charge on any atom is 0.0238 e. The Balaban J connectivity index is 2.22. The lowest BCUT2D eigenvalue weighted by atomic mass is 9.89. The highest BCUT2D eigenvalue weighted by atomic mass is 32.2. The van der Waals surface area contributed by atoms with Crippen molar-refractivity contribution >= 4 is 11.8 Å². The first-order valence-corrected chi connectivity index (χ1v) is 9.96. The first-order chi connectivity index (χ1) is 9.86. The van der Waals surface area contributed by atoms with Gasteiger partial charge in [0.15, 0.2) is 0 Å². The first kappa shape index (κ1) is 16.3. The van der Waals surface area contributed by atoms with Gasteiger partial charge in [0.1, 0.15) is 0 Å². The molecule has 0 saturated carbocycles. The van der Waals surface area contributed by atoms with E-state index in [0.29, 0.717) is 0 Å². The summed E-state index contributed by atoms with van der Waals surface area (Å²) in [4.78, 5) is 1.75. The molecular weight excluding hydrogens is 262 g/mol. The molecule has 1 N–H and O–H groups in total. The number of allylic oxidation sites excluding steroid dienone is 2. The molecular formula is C18H33NS. The molecule has 2 rings (SSSR count). The Hall–Kier alpha value is -0.110. The van der Waals surface area contributed by atoms with Crippen molar-refractivity contribution in [3.05, 3.63) is 10.6 Å². The number of thioether (sulfide) groups is 1. The highest BCUT2D eigenvalue weighted by Crippen LogP contribution is 2.39. The van der Waals surface area contributed by atoms with Crippen LogP contribution in [0.2, 0.25) is 0 Å². The zero-order valence-electron chi connectivity index (χ0n) is 13.5. The lowest BCUT2D eigenvalue weighted by molar-refractivity contribution is 0.448. The molecule has 116 valence electrons. The van der Waals surface area contributed by atoms with E-state index >= 15 is 0 Å². The van der Waals surface area contributed by atoms with E-state index in [-0.39, 0.29) is 0 Å². The van der Waals surface area contributed by atoms with E-state index < -0.39 is 0 Å². The lowest BCUT2D eigenvalue weighted by Crippen LogP contribution is -2.29. The summed E-state index contributed by atoms with van der Waals surface area (Å²) in [6, 6.07) is 0. The van der Waals surface area contributed by atoms with Gasteiger partial charge in [-0.15, -0.1) is 11.8 Å². The fourth-order valence-corrected chi connectivity index (χ4v) is 5.15. The fraction of sp³-hybridized carbons (Fsp3) is 0.889. The van der Waals surface area contributed by atoms with E-state index in [9.17, 15) is 0 Å². The molecule has 1 aliphatic carbocycles. The van der Waals surface area contributed by atoms with Gasteiger partial charge >= 0.3 is 0 Å². The summed E-state index contributed by atoms with van der Waals surface area (Å²) in [6.07, 6.45) is 14.1. The number of rotatable bonds is 3. The maximum absolute atomic E-state index is 3.82. The molecule has 20 heavy (non-hydrogen) atoms. The quantitative estimate of drug-likeness (QED) is 0.714. The molecule has 0 aromatic rings. The fourth-order valence-electron chi connectivity index (χ4n) is 3.81. The van der Waals surface area contributed by atoms with Crippen molar-refractivity contribution in [1.29, 1.82) is 0 Å². The summed E-state index contributed by atoms with van der Waals surface area (Å²) in [6.45, 7) is 5.91. The molecule has 0 radical (unpaired) electrons. The zero-order valence-corrected chi connectivity index (χ0v) is 14.4. The molecule has 1 heterocycles. The smallest absolute Gasteiger partial charge is 0.0238 e. The number of hydrogen-bond donors (Lipinski definition) is 1. The highest BCUT2D eigenvalue weighted by molar-refractivity contribution is 8.03. The molecule has 0 aromatic heterocycles. The molecule has 0 fully saturated rings. The third-order valence-corrected chi connectivity index (χ3v) is 6.23. The molecule has 2 heteroatoms. The van der Waals surface area contributed by atoms with Crippen molar-refractivity contribution in [1.82, 2.24) is 5.32 Å². The summed E-state index contributed by atoms with van der Waals surface area (Å²) < 4.78 is 0. The van der Waals surface area contributed by atoms with Crippen molar-refractivity contribution in [2.45, 2.75) is 78.1 Å². The Morgan fingerprint density at radius 2 is 1.70 bits per heavy atom. The van der Waals surface area contributed by atoms with Gasteiger partial charge in [-0.3, -0.25) is 0 Å². The third-order valence-electron chi connectivity index (χ3n) is 4.95. The maximum atomic E-state index is 3.82. The van der Waals surface area contributed by atoms with Crippen molar-refractivity contribution < 1.29 is 0 Å². The van der Waals surface area contributed by atoms with Gasteiger partial charge < -0.3 is 5.32 Å². The van der Waals surface area contributed by atoms with Crippen LogP contribution in [-0.2, 0) is 0 Å². The molecule has 1 nitrogen and oxygen atoms in total. The molecule has 0 bridgehead atoms. The molecule has 2 aliphatic rings. The summed E-state index contributed by atoms with van der Waals surface area (Å²) in [5.74, 6) is 2.92. The van der Waals surface area contributed by atoms with Gasteiger partial charge in [-0.2, -0.15) is 0 Å². The molecule has 0 spiro atoms. The average molecular weight is 296 g/mol. The molecule has 2 unspecified atom stereocenters. The van der Waals surface area contributed by atoms with E-state index in [2.05, 4.69) is 30.9 Å². The summed E-state index contributed by atoms with van der Waals surface area (Å²) in [5, 5.41) is 3.82. The van der Waals surface area contributed by atoms with Crippen LogP contribution >= 0.6 is 11.8 Å². The summed E-state index contributed by atoms with van der Waals surface area (Å²) in [5.41, 5.74) is 1.66. The van der Waals surface area contributed by atoms with Gasteiger partial charge in [0.05, 0.1) is 0 Å². The van der Waals surface area contributed by atoms with E-state index in [0.717, 1.165) is 11.8 Å². The van der Waals surface area contributed by atoms with Crippen LogP contribution in [0, 0.1) is 11.8 Å². The Morgan fingerprint density at radius 1 is 1.00 bits per heavy atom. The van der Waals surface area contributed by atoms with Gasteiger partial charge in [-0.05, 0) is 37.5 Å². The Bertz CT molecular complexity index is 311. The SMILES string of the molecule is CCCC1CCCCCCCC(CC)C2=C1NCCS2. The molecule has 0 saturated heterocycles. The average Bonchev–Trinajstić information content (AvgIpc) is 2.52. The van der Waals surface area contributed by atoms with Gasteiger partial charge in [-0.25, -0.2) is 0 Å². The Kier molecular flexibility index (Phi) is 7.33. The molecule has 0 aromatic carbocycles. The van der Waals surface area contributed by atoms with Crippen LogP contribution in [0.15, 0.2) is 10.6 Å². The third kappa shape index (κ3) is 4.44. The summed E-state index contributed by atoms with van der Waals surface area (Å²) in [7, 11) is 0. The minimum absolute atomic E-state index is 0.815. The van der Waals surface area contributed by atoms with Crippen LogP contribution in [0.4, 0.5) is 0 Å². The van der Waals surface area contributed by atoms with Gasteiger partial charge in [0.25, 0.3) is 0 Å². The minimum Gasteiger partial charge on any atom is -0.387 e.